The summed E-state index contributed by atoms with van der Waals surface area (Å²) in [6, 6.07) is 18.2. The minimum atomic E-state index is 0.0794. The molecule has 1 fully saturated rings. The van der Waals surface area contributed by atoms with Crippen LogP contribution in [0.25, 0.3) is 0 Å². The summed E-state index contributed by atoms with van der Waals surface area (Å²) in [5.41, 5.74) is 3.20. The van der Waals surface area contributed by atoms with Crippen LogP contribution in [0.1, 0.15) is 17.5 Å². The SMILES string of the molecule is O=C(Nc1cccc(COCCc2ccccc2)c1)C1CCNC1. The summed E-state index contributed by atoms with van der Waals surface area (Å²) in [4.78, 5) is 12.2. The molecule has 1 aliphatic rings. The van der Waals surface area contributed by atoms with Gasteiger partial charge < -0.3 is 15.4 Å². The molecule has 3 rings (SSSR count). The smallest absolute Gasteiger partial charge is 0.228 e. The first-order valence-electron chi connectivity index (χ1n) is 8.53. The highest BCUT2D eigenvalue weighted by molar-refractivity contribution is 5.92. The van der Waals surface area contributed by atoms with E-state index in [1.165, 1.54) is 5.56 Å². The number of ether oxygens (including phenoxy) is 1. The predicted molar refractivity (Wildman–Crippen MR) is 95.9 cm³/mol. The minimum absolute atomic E-state index is 0.0794. The Bertz CT molecular complexity index is 652. The molecule has 0 saturated carbocycles. The van der Waals surface area contributed by atoms with Gasteiger partial charge >= 0.3 is 0 Å². The number of carbonyl (C=O) groups excluding carboxylic acids is 1. The number of benzene rings is 2. The van der Waals surface area contributed by atoms with Crippen LogP contribution in [-0.4, -0.2) is 25.6 Å². The van der Waals surface area contributed by atoms with Gasteiger partial charge in [-0.3, -0.25) is 4.79 Å². The predicted octanol–water partition coefficient (Wildman–Crippen LogP) is 2.99. The first-order valence-corrected chi connectivity index (χ1v) is 8.53. The molecule has 1 saturated heterocycles. The van der Waals surface area contributed by atoms with Crippen molar-refractivity contribution in [1.82, 2.24) is 5.32 Å². The Morgan fingerprint density at radius 3 is 2.75 bits per heavy atom. The third-order valence-electron chi connectivity index (χ3n) is 4.27. The molecule has 0 spiro atoms. The summed E-state index contributed by atoms with van der Waals surface area (Å²) in [7, 11) is 0. The Kier molecular flexibility index (Phi) is 5.99. The number of hydrogen-bond acceptors (Lipinski definition) is 3. The molecule has 0 aromatic heterocycles. The summed E-state index contributed by atoms with van der Waals surface area (Å²) < 4.78 is 5.76. The lowest BCUT2D eigenvalue weighted by atomic mass is 10.1. The van der Waals surface area contributed by atoms with Crippen molar-refractivity contribution in [1.29, 1.82) is 0 Å². The van der Waals surface area contributed by atoms with E-state index in [1.54, 1.807) is 0 Å². The quantitative estimate of drug-likeness (QED) is 0.770. The molecule has 1 unspecified atom stereocenters. The topological polar surface area (TPSA) is 50.4 Å². The van der Waals surface area contributed by atoms with Gasteiger partial charge in [-0.05, 0) is 42.6 Å². The molecule has 1 heterocycles. The van der Waals surface area contributed by atoms with E-state index in [0.29, 0.717) is 13.2 Å². The van der Waals surface area contributed by atoms with Crippen molar-refractivity contribution in [2.45, 2.75) is 19.4 Å². The van der Waals surface area contributed by atoms with Gasteiger partial charge in [0.1, 0.15) is 0 Å². The van der Waals surface area contributed by atoms with Crippen LogP contribution in [0.4, 0.5) is 5.69 Å². The van der Waals surface area contributed by atoms with Crippen molar-refractivity contribution in [2.75, 3.05) is 25.0 Å². The second kappa shape index (κ2) is 8.62. The van der Waals surface area contributed by atoms with Gasteiger partial charge in [-0.25, -0.2) is 0 Å². The van der Waals surface area contributed by atoms with Crippen LogP contribution >= 0.6 is 0 Å². The second-order valence-electron chi connectivity index (χ2n) is 6.17. The number of rotatable bonds is 7. The summed E-state index contributed by atoms with van der Waals surface area (Å²) >= 11 is 0. The third kappa shape index (κ3) is 4.91. The highest BCUT2D eigenvalue weighted by atomic mass is 16.5. The van der Waals surface area contributed by atoms with E-state index in [0.717, 1.165) is 37.2 Å². The average Bonchev–Trinajstić information content (AvgIpc) is 3.15. The molecule has 126 valence electrons. The highest BCUT2D eigenvalue weighted by Crippen LogP contribution is 2.15. The lowest BCUT2D eigenvalue weighted by Gasteiger charge is -2.11. The van der Waals surface area contributed by atoms with Gasteiger partial charge in [0, 0.05) is 12.2 Å². The summed E-state index contributed by atoms with van der Waals surface area (Å²) in [5, 5.41) is 6.22. The molecule has 0 radical (unpaired) electrons. The lowest BCUT2D eigenvalue weighted by Crippen LogP contribution is -2.24. The molecule has 0 aliphatic carbocycles. The molecule has 1 amide bonds. The molecule has 1 atom stereocenters. The maximum absolute atomic E-state index is 12.2. The normalized spacial score (nSPS) is 16.9. The molecule has 24 heavy (non-hydrogen) atoms. The first kappa shape index (κ1) is 16.7. The van der Waals surface area contributed by atoms with Gasteiger partial charge in [0.2, 0.25) is 5.91 Å². The zero-order chi connectivity index (χ0) is 16.6. The van der Waals surface area contributed by atoms with Crippen LogP contribution in [0.3, 0.4) is 0 Å². The van der Waals surface area contributed by atoms with E-state index in [9.17, 15) is 4.79 Å². The van der Waals surface area contributed by atoms with E-state index in [2.05, 4.69) is 22.8 Å². The third-order valence-corrected chi connectivity index (χ3v) is 4.27. The fourth-order valence-electron chi connectivity index (χ4n) is 2.89. The summed E-state index contributed by atoms with van der Waals surface area (Å²) in [5.74, 6) is 0.179. The zero-order valence-corrected chi connectivity index (χ0v) is 13.8. The Labute approximate surface area is 143 Å². The average molecular weight is 324 g/mol. The number of amides is 1. The molecule has 0 bridgehead atoms. The van der Waals surface area contributed by atoms with Crippen molar-refractivity contribution < 1.29 is 9.53 Å². The maximum atomic E-state index is 12.2. The number of hydrogen-bond donors (Lipinski definition) is 2. The molecule has 2 aromatic rings. The molecular formula is C20H24N2O2. The van der Waals surface area contributed by atoms with Crippen LogP contribution in [0.2, 0.25) is 0 Å². The van der Waals surface area contributed by atoms with Crippen LogP contribution in [0.15, 0.2) is 54.6 Å². The summed E-state index contributed by atoms with van der Waals surface area (Å²) in [6.45, 7) is 2.94. The Balaban J connectivity index is 1.45. The van der Waals surface area contributed by atoms with Gasteiger partial charge in [-0.15, -0.1) is 0 Å². The van der Waals surface area contributed by atoms with E-state index in [-0.39, 0.29) is 11.8 Å². The molecule has 2 N–H and O–H groups in total. The number of carbonyl (C=O) groups is 1. The Hall–Kier alpha value is -2.17. The molecular weight excluding hydrogens is 300 g/mol. The van der Waals surface area contributed by atoms with Crippen molar-refractivity contribution in [2.24, 2.45) is 5.92 Å². The van der Waals surface area contributed by atoms with E-state index >= 15 is 0 Å². The van der Waals surface area contributed by atoms with Gasteiger partial charge in [-0.2, -0.15) is 0 Å². The molecule has 4 nitrogen and oxygen atoms in total. The van der Waals surface area contributed by atoms with Crippen LogP contribution in [-0.2, 0) is 22.6 Å². The van der Waals surface area contributed by atoms with Gasteiger partial charge in [0.15, 0.2) is 0 Å². The van der Waals surface area contributed by atoms with Crippen LogP contribution in [0.5, 0.6) is 0 Å². The van der Waals surface area contributed by atoms with Crippen molar-refractivity contribution in [3.63, 3.8) is 0 Å². The second-order valence-corrected chi connectivity index (χ2v) is 6.17. The van der Waals surface area contributed by atoms with Crippen molar-refractivity contribution in [3.05, 3.63) is 65.7 Å². The first-order chi connectivity index (χ1) is 11.8. The Morgan fingerprint density at radius 2 is 1.96 bits per heavy atom. The minimum Gasteiger partial charge on any atom is -0.376 e. The van der Waals surface area contributed by atoms with E-state index in [4.69, 9.17) is 4.74 Å². The zero-order valence-electron chi connectivity index (χ0n) is 13.8. The van der Waals surface area contributed by atoms with Crippen LogP contribution in [0, 0.1) is 5.92 Å². The fourth-order valence-corrected chi connectivity index (χ4v) is 2.89. The van der Waals surface area contributed by atoms with Gasteiger partial charge in [0.05, 0.1) is 19.1 Å². The Morgan fingerprint density at radius 1 is 1.12 bits per heavy atom. The largest absolute Gasteiger partial charge is 0.376 e. The van der Waals surface area contributed by atoms with Crippen molar-refractivity contribution >= 4 is 11.6 Å². The van der Waals surface area contributed by atoms with Crippen LogP contribution < -0.4 is 10.6 Å². The summed E-state index contributed by atoms with van der Waals surface area (Å²) in [6.07, 6.45) is 1.82. The molecule has 2 aromatic carbocycles. The van der Waals surface area contributed by atoms with Gasteiger partial charge in [0.25, 0.3) is 0 Å². The van der Waals surface area contributed by atoms with E-state index < -0.39 is 0 Å². The lowest BCUT2D eigenvalue weighted by molar-refractivity contribution is -0.119. The molecule has 4 heteroatoms. The fraction of sp³-hybridized carbons (Fsp3) is 0.350. The highest BCUT2D eigenvalue weighted by Gasteiger charge is 2.22. The van der Waals surface area contributed by atoms with Gasteiger partial charge in [-0.1, -0.05) is 42.5 Å². The number of nitrogens with one attached hydrogen (secondary N) is 2. The standard InChI is InChI=1S/C20H24N2O2/c23-20(18-9-11-21-14-18)22-19-8-4-7-17(13-19)15-24-12-10-16-5-2-1-3-6-16/h1-8,13,18,21H,9-12,14-15H2,(H,22,23). The number of anilines is 1. The monoisotopic (exact) mass is 324 g/mol. The molecule has 1 aliphatic heterocycles. The van der Waals surface area contributed by atoms with E-state index in [1.807, 2.05) is 42.5 Å². The maximum Gasteiger partial charge on any atom is 0.228 e. The van der Waals surface area contributed by atoms with Crippen molar-refractivity contribution in [3.8, 4) is 0 Å².